The molecule has 0 N–H and O–H groups in total. The van der Waals surface area contributed by atoms with Crippen molar-refractivity contribution in [1.82, 2.24) is 0 Å². The van der Waals surface area contributed by atoms with Crippen LogP contribution in [0.4, 0.5) is 8.78 Å². The Labute approximate surface area is 84.3 Å². The molecular formula is C8H9ClF2OS. The Kier molecular flexibility index (Phi) is 3.14. The van der Waals surface area contributed by atoms with Crippen molar-refractivity contribution in [3.05, 3.63) is 17.0 Å². The molecule has 0 bridgehead atoms. The van der Waals surface area contributed by atoms with Gasteiger partial charge in [-0.25, -0.2) is 8.78 Å². The normalized spacial score (nSPS) is 14.2. The highest BCUT2D eigenvalue weighted by atomic mass is 35.5. The molecule has 1 nitrogen and oxygen atoms in total. The van der Waals surface area contributed by atoms with Crippen LogP contribution in [0.2, 0.25) is 0 Å². The summed E-state index contributed by atoms with van der Waals surface area (Å²) in [5.74, 6) is -2.91. The van der Waals surface area contributed by atoms with E-state index in [9.17, 15) is 8.78 Å². The Morgan fingerprint density at radius 2 is 2.15 bits per heavy atom. The zero-order chi connectivity index (χ0) is 10.1. The third-order valence-electron chi connectivity index (χ3n) is 1.50. The van der Waals surface area contributed by atoms with E-state index in [1.165, 1.54) is 7.11 Å². The summed E-state index contributed by atoms with van der Waals surface area (Å²) in [5.41, 5.74) is 0. The Bertz CT molecular complexity index is 282. The van der Waals surface area contributed by atoms with Crippen molar-refractivity contribution in [2.45, 2.75) is 18.2 Å². The molecule has 5 heteroatoms. The number of alkyl halides is 3. The quantitative estimate of drug-likeness (QED) is 0.715. The summed E-state index contributed by atoms with van der Waals surface area (Å²) in [4.78, 5) is 0.422. The van der Waals surface area contributed by atoms with Gasteiger partial charge in [-0.15, -0.1) is 22.9 Å². The molecule has 1 unspecified atom stereocenters. The van der Waals surface area contributed by atoms with Crippen LogP contribution in [-0.2, 0) is 0 Å². The number of ether oxygens (including phenoxy) is 1. The van der Waals surface area contributed by atoms with Crippen LogP contribution in [0.25, 0.3) is 0 Å². The second-order valence-electron chi connectivity index (χ2n) is 2.68. The third-order valence-corrected chi connectivity index (χ3v) is 3.36. The Balaban J connectivity index is 2.83. The van der Waals surface area contributed by atoms with E-state index in [1.807, 2.05) is 0 Å². The van der Waals surface area contributed by atoms with Gasteiger partial charge in [0.25, 0.3) is 5.92 Å². The molecule has 0 amide bonds. The Morgan fingerprint density at radius 3 is 2.54 bits per heavy atom. The first-order chi connectivity index (χ1) is 5.95. The lowest BCUT2D eigenvalue weighted by atomic mass is 10.2. The number of hydrogen-bond acceptors (Lipinski definition) is 2. The van der Waals surface area contributed by atoms with Crippen LogP contribution in [0, 0.1) is 0 Å². The van der Waals surface area contributed by atoms with Crippen LogP contribution in [0.3, 0.4) is 0 Å². The fourth-order valence-electron chi connectivity index (χ4n) is 0.830. The fourth-order valence-corrected chi connectivity index (χ4v) is 1.93. The molecule has 1 aromatic rings. The molecule has 1 aromatic heterocycles. The summed E-state index contributed by atoms with van der Waals surface area (Å²) < 4.78 is 30.4. The van der Waals surface area contributed by atoms with Gasteiger partial charge < -0.3 is 4.74 Å². The van der Waals surface area contributed by atoms with Crippen molar-refractivity contribution in [2.24, 2.45) is 0 Å². The van der Waals surface area contributed by atoms with Gasteiger partial charge in [0.1, 0.15) is 5.38 Å². The van der Waals surface area contributed by atoms with Crippen LogP contribution in [0.15, 0.2) is 12.1 Å². The first-order valence-electron chi connectivity index (χ1n) is 3.60. The highest BCUT2D eigenvalue weighted by molar-refractivity contribution is 7.14. The monoisotopic (exact) mass is 226 g/mol. The second-order valence-corrected chi connectivity index (χ2v) is 4.19. The summed E-state index contributed by atoms with van der Waals surface area (Å²) in [6, 6.07) is 3.18. The third kappa shape index (κ3) is 2.54. The molecule has 74 valence electrons. The standard InChI is InChI=1S/C8H9ClF2OS/c1-8(10,11)7(9)5-3-4-6(12-2)13-5/h3-4,7H,1-2H3. The maximum absolute atomic E-state index is 12.7. The molecule has 0 aliphatic rings. The van der Waals surface area contributed by atoms with Crippen LogP contribution in [0.5, 0.6) is 5.06 Å². The topological polar surface area (TPSA) is 9.23 Å². The minimum atomic E-state index is -2.91. The molecule has 0 saturated heterocycles. The number of halogens is 3. The first kappa shape index (κ1) is 10.7. The van der Waals surface area contributed by atoms with Crippen LogP contribution < -0.4 is 4.74 Å². The average molecular weight is 227 g/mol. The van der Waals surface area contributed by atoms with Crippen molar-refractivity contribution in [3.63, 3.8) is 0 Å². The number of hydrogen-bond donors (Lipinski definition) is 0. The Hall–Kier alpha value is -0.350. The number of methoxy groups -OCH3 is 1. The van der Waals surface area contributed by atoms with E-state index in [0.717, 1.165) is 18.3 Å². The predicted molar refractivity (Wildman–Crippen MR) is 50.1 cm³/mol. The molecule has 0 aliphatic carbocycles. The van der Waals surface area contributed by atoms with E-state index < -0.39 is 11.3 Å². The largest absolute Gasteiger partial charge is 0.487 e. The molecule has 0 aromatic carbocycles. The zero-order valence-corrected chi connectivity index (χ0v) is 8.75. The molecule has 1 atom stereocenters. The van der Waals surface area contributed by atoms with Gasteiger partial charge in [0, 0.05) is 11.8 Å². The molecular weight excluding hydrogens is 218 g/mol. The molecule has 0 aliphatic heterocycles. The second kappa shape index (κ2) is 3.80. The van der Waals surface area contributed by atoms with Gasteiger partial charge in [-0.3, -0.25) is 0 Å². The summed E-state index contributed by atoms with van der Waals surface area (Å²) in [6.07, 6.45) is 0. The summed E-state index contributed by atoms with van der Waals surface area (Å²) in [5, 5.41) is -0.689. The maximum Gasteiger partial charge on any atom is 0.266 e. The molecule has 0 radical (unpaired) electrons. The number of rotatable bonds is 3. The van der Waals surface area contributed by atoms with Crippen molar-refractivity contribution < 1.29 is 13.5 Å². The summed E-state index contributed by atoms with van der Waals surface area (Å²) in [7, 11) is 1.49. The maximum atomic E-state index is 12.7. The summed E-state index contributed by atoms with van der Waals surface area (Å²) in [6.45, 7) is 0.802. The van der Waals surface area contributed by atoms with E-state index in [1.54, 1.807) is 12.1 Å². The van der Waals surface area contributed by atoms with Gasteiger partial charge in [-0.1, -0.05) is 0 Å². The molecule has 13 heavy (non-hydrogen) atoms. The predicted octanol–water partition coefficient (Wildman–Crippen LogP) is 3.69. The smallest absolute Gasteiger partial charge is 0.266 e. The lowest BCUT2D eigenvalue weighted by Gasteiger charge is -2.15. The summed E-state index contributed by atoms with van der Waals surface area (Å²) >= 11 is 6.69. The highest BCUT2D eigenvalue weighted by Crippen LogP contribution is 2.41. The van der Waals surface area contributed by atoms with Gasteiger partial charge >= 0.3 is 0 Å². The van der Waals surface area contributed by atoms with Crippen LogP contribution in [-0.4, -0.2) is 13.0 Å². The van der Waals surface area contributed by atoms with Gasteiger partial charge in [-0.2, -0.15) is 0 Å². The van der Waals surface area contributed by atoms with E-state index in [-0.39, 0.29) is 0 Å². The van der Waals surface area contributed by atoms with Crippen molar-refractivity contribution in [1.29, 1.82) is 0 Å². The van der Waals surface area contributed by atoms with Crippen molar-refractivity contribution >= 4 is 22.9 Å². The van der Waals surface area contributed by atoms with E-state index in [2.05, 4.69) is 0 Å². The van der Waals surface area contributed by atoms with Gasteiger partial charge in [-0.05, 0) is 12.1 Å². The lowest BCUT2D eigenvalue weighted by molar-refractivity contribution is 0.0178. The first-order valence-corrected chi connectivity index (χ1v) is 4.86. The molecule has 1 rings (SSSR count). The molecule has 0 spiro atoms. The van der Waals surface area contributed by atoms with Crippen molar-refractivity contribution in [2.75, 3.05) is 7.11 Å². The molecule has 0 saturated carbocycles. The van der Waals surface area contributed by atoms with E-state index >= 15 is 0 Å². The minimum absolute atomic E-state index is 0.422. The molecule has 1 heterocycles. The number of thiophene rings is 1. The van der Waals surface area contributed by atoms with Crippen molar-refractivity contribution in [3.8, 4) is 5.06 Å². The zero-order valence-electron chi connectivity index (χ0n) is 7.18. The molecule has 0 fully saturated rings. The van der Waals surface area contributed by atoms with E-state index in [4.69, 9.17) is 16.3 Å². The fraction of sp³-hybridized carbons (Fsp3) is 0.500. The highest BCUT2D eigenvalue weighted by Gasteiger charge is 2.34. The average Bonchev–Trinajstić information content (AvgIpc) is 2.48. The van der Waals surface area contributed by atoms with E-state index in [0.29, 0.717) is 9.94 Å². The van der Waals surface area contributed by atoms with Gasteiger partial charge in [0.2, 0.25) is 0 Å². The Morgan fingerprint density at radius 1 is 1.54 bits per heavy atom. The van der Waals surface area contributed by atoms with Gasteiger partial charge in [0.15, 0.2) is 5.06 Å². The van der Waals surface area contributed by atoms with Crippen LogP contribution in [0.1, 0.15) is 17.2 Å². The van der Waals surface area contributed by atoms with Gasteiger partial charge in [0.05, 0.1) is 7.11 Å². The SMILES string of the molecule is COc1ccc(C(Cl)C(C)(F)F)s1. The minimum Gasteiger partial charge on any atom is -0.487 e. The lowest BCUT2D eigenvalue weighted by Crippen LogP contribution is -2.16. The van der Waals surface area contributed by atoms with Crippen LogP contribution >= 0.6 is 22.9 Å².